The molecule has 4 N–H and O–H groups in total. The van der Waals surface area contributed by atoms with Crippen LogP contribution in [-0.2, 0) is 21.8 Å². The lowest BCUT2D eigenvalue weighted by Gasteiger charge is -2.24. The van der Waals surface area contributed by atoms with Gasteiger partial charge in [0.25, 0.3) is 11.8 Å². The van der Waals surface area contributed by atoms with Gasteiger partial charge in [0.1, 0.15) is 17.7 Å². The molecule has 2 amide bonds. The van der Waals surface area contributed by atoms with Gasteiger partial charge in [0.15, 0.2) is 5.82 Å². The van der Waals surface area contributed by atoms with Gasteiger partial charge in [0.2, 0.25) is 5.82 Å². The molecule has 6 aromatic rings. The summed E-state index contributed by atoms with van der Waals surface area (Å²) in [6.07, 6.45) is -1.25. The van der Waals surface area contributed by atoms with Gasteiger partial charge in [-0.25, -0.2) is 29.3 Å². The molecule has 0 bridgehead atoms. The van der Waals surface area contributed by atoms with E-state index in [0.29, 0.717) is 24.6 Å². The predicted octanol–water partition coefficient (Wildman–Crippen LogP) is 5.19. The number of halogens is 6. The summed E-state index contributed by atoms with van der Waals surface area (Å²) >= 11 is 0. The maximum atomic E-state index is 12.8. The molecular formula is C38H34F6N12O4. The Morgan fingerprint density at radius 2 is 1.15 bits per heavy atom. The van der Waals surface area contributed by atoms with E-state index >= 15 is 0 Å². The number of carbonyl (C=O) groups excluding carboxylic acids is 2. The fourth-order valence-corrected chi connectivity index (χ4v) is 5.89. The summed E-state index contributed by atoms with van der Waals surface area (Å²) in [4.78, 5) is 38.5. The van der Waals surface area contributed by atoms with E-state index in [1.807, 2.05) is 24.3 Å². The number of amides is 2. The van der Waals surface area contributed by atoms with Crippen molar-refractivity contribution < 1.29 is 45.4 Å². The van der Waals surface area contributed by atoms with Crippen molar-refractivity contribution in [1.82, 2.24) is 50.1 Å². The fraction of sp³-hybridized carbons (Fsp3) is 0.263. The predicted molar refractivity (Wildman–Crippen MR) is 200 cm³/mol. The van der Waals surface area contributed by atoms with Crippen molar-refractivity contribution in [2.75, 3.05) is 50.0 Å². The Morgan fingerprint density at radius 3 is 1.62 bits per heavy atom. The second-order valence-electron chi connectivity index (χ2n) is 13.1. The number of anilines is 2. The summed E-state index contributed by atoms with van der Waals surface area (Å²) in [7, 11) is 0. The average Bonchev–Trinajstić information content (AvgIpc) is 3.97. The lowest BCUT2D eigenvalue weighted by atomic mass is 10.1. The van der Waals surface area contributed by atoms with Gasteiger partial charge in [0.05, 0.1) is 61.3 Å². The molecule has 0 unspecified atom stereocenters. The molecule has 312 valence electrons. The zero-order valence-corrected chi connectivity index (χ0v) is 31.1. The number of nitrogens with one attached hydrogen (secondary N) is 4. The number of aromatic nitrogens is 8. The third kappa shape index (κ3) is 10.5. The SMILES string of the molecule is O=C(Nc1ccc([C@H]2CNCCO2)cc1)c1cnn(-c2cc(C(F)(F)F)ncn2)c1.O=C(Nc1ccc([C@H]2CNCCO2)cc1)c1cnn(-c2cnc(C(F)(F)F)nc2)c1. The van der Waals surface area contributed by atoms with Gasteiger partial charge in [-0.15, -0.1) is 0 Å². The van der Waals surface area contributed by atoms with E-state index < -0.39 is 35.7 Å². The molecule has 2 atom stereocenters. The van der Waals surface area contributed by atoms with Crippen molar-refractivity contribution in [1.29, 1.82) is 0 Å². The first-order valence-corrected chi connectivity index (χ1v) is 18.2. The number of hydrogen-bond acceptors (Lipinski definition) is 12. The van der Waals surface area contributed by atoms with Crippen LogP contribution in [0.25, 0.3) is 11.5 Å². The highest BCUT2D eigenvalue weighted by atomic mass is 19.4. The lowest BCUT2D eigenvalue weighted by Crippen LogP contribution is -2.33. The van der Waals surface area contributed by atoms with E-state index in [2.05, 4.69) is 51.4 Å². The molecule has 6 heterocycles. The van der Waals surface area contributed by atoms with Crippen LogP contribution in [0.3, 0.4) is 0 Å². The molecule has 16 nitrogen and oxygen atoms in total. The van der Waals surface area contributed by atoms with Gasteiger partial charge in [-0.3, -0.25) is 9.59 Å². The minimum Gasteiger partial charge on any atom is -0.371 e. The molecule has 22 heteroatoms. The highest BCUT2D eigenvalue weighted by molar-refractivity contribution is 6.04. The van der Waals surface area contributed by atoms with Crippen molar-refractivity contribution in [3.8, 4) is 11.5 Å². The van der Waals surface area contributed by atoms with E-state index in [1.165, 1.54) is 29.5 Å². The Balaban J connectivity index is 0.000000181. The molecule has 2 aliphatic rings. The first kappa shape index (κ1) is 41.5. The summed E-state index contributed by atoms with van der Waals surface area (Å²) in [5.41, 5.74) is 2.69. The minimum absolute atomic E-state index is 0.0207. The Kier molecular flexibility index (Phi) is 12.5. The lowest BCUT2D eigenvalue weighted by molar-refractivity contribution is -0.145. The van der Waals surface area contributed by atoms with Gasteiger partial charge < -0.3 is 30.7 Å². The molecule has 0 aliphatic carbocycles. The van der Waals surface area contributed by atoms with Crippen LogP contribution in [0.5, 0.6) is 0 Å². The van der Waals surface area contributed by atoms with Crippen molar-refractivity contribution >= 4 is 23.2 Å². The largest absolute Gasteiger partial charge is 0.451 e. The van der Waals surface area contributed by atoms with E-state index in [1.54, 1.807) is 24.3 Å². The first-order chi connectivity index (χ1) is 28.8. The second kappa shape index (κ2) is 18.1. The summed E-state index contributed by atoms with van der Waals surface area (Å²) in [5, 5.41) is 19.9. The number of ether oxygens (including phenoxy) is 2. The van der Waals surface area contributed by atoms with Gasteiger partial charge in [-0.2, -0.15) is 36.5 Å². The van der Waals surface area contributed by atoms with Crippen molar-refractivity contribution in [3.63, 3.8) is 0 Å². The number of alkyl halides is 6. The summed E-state index contributed by atoms with van der Waals surface area (Å²) in [5.74, 6) is -2.19. The van der Waals surface area contributed by atoms with Gasteiger partial charge in [0, 0.05) is 56.0 Å². The summed E-state index contributed by atoms with van der Waals surface area (Å²) in [6.45, 7) is 4.41. The smallest absolute Gasteiger partial charge is 0.371 e. The van der Waals surface area contributed by atoms with Crippen LogP contribution in [0.15, 0.2) is 98.1 Å². The van der Waals surface area contributed by atoms with Crippen molar-refractivity contribution in [3.05, 3.63) is 132 Å². The number of rotatable bonds is 8. The van der Waals surface area contributed by atoms with Crippen LogP contribution in [0.2, 0.25) is 0 Å². The van der Waals surface area contributed by atoms with Crippen LogP contribution >= 0.6 is 0 Å². The number of benzene rings is 2. The third-order valence-corrected chi connectivity index (χ3v) is 8.96. The van der Waals surface area contributed by atoms with Gasteiger partial charge in [-0.1, -0.05) is 24.3 Å². The Hall–Kier alpha value is -6.62. The van der Waals surface area contributed by atoms with Gasteiger partial charge in [-0.05, 0) is 35.4 Å². The number of nitrogens with zero attached hydrogens (tertiary/aromatic N) is 8. The van der Waals surface area contributed by atoms with Crippen LogP contribution in [-0.4, -0.2) is 90.7 Å². The molecule has 2 saturated heterocycles. The summed E-state index contributed by atoms with van der Waals surface area (Å²) in [6, 6.07) is 15.3. The number of morpholine rings is 2. The zero-order valence-electron chi connectivity index (χ0n) is 31.1. The molecule has 60 heavy (non-hydrogen) atoms. The molecule has 2 fully saturated rings. The maximum Gasteiger partial charge on any atom is 0.451 e. The normalized spacial score (nSPS) is 17.0. The summed E-state index contributed by atoms with van der Waals surface area (Å²) < 4.78 is 89.8. The van der Waals surface area contributed by atoms with Gasteiger partial charge >= 0.3 is 12.4 Å². The average molecular weight is 837 g/mol. The highest BCUT2D eigenvalue weighted by Crippen LogP contribution is 2.29. The number of carbonyl (C=O) groups is 2. The van der Waals surface area contributed by atoms with E-state index in [0.717, 1.165) is 66.8 Å². The quantitative estimate of drug-likeness (QED) is 0.147. The van der Waals surface area contributed by atoms with E-state index in [-0.39, 0.29) is 34.8 Å². The van der Waals surface area contributed by atoms with Crippen LogP contribution in [0.1, 0.15) is 55.6 Å². The minimum atomic E-state index is -4.62. The molecule has 2 aliphatic heterocycles. The fourth-order valence-electron chi connectivity index (χ4n) is 5.89. The zero-order chi connectivity index (χ0) is 42.3. The van der Waals surface area contributed by atoms with Crippen molar-refractivity contribution in [2.45, 2.75) is 24.6 Å². The van der Waals surface area contributed by atoms with Crippen molar-refractivity contribution in [2.24, 2.45) is 0 Å². The molecular weight excluding hydrogens is 802 g/mol. The van der Waals surface area contributed by atoms with E-state index in [9.17, 15) is 35.9 Å². The van der Waals surface area contributed by atoms with Crippen LogP contribution < -0.4 is 21.3 Å². The molecule has 8 rings (SSSR count). The molecule has 0 spiro atoms. The Morgan fingerprint density at radius 1 is 0.650 bits per heavy atom. The standard InChI is InChI=1S/2C19H17F3N6O2/c20-19(21,22)16-7-17(25-11-24-16)28-10-13(8-26-28)18(29)27-14-3-1-12(2-4-14)15-9-23-5-6-30-15;20-19(21,22)18-24-8-15(9-25-18)28-11-13(7-26-28)17(29)27-14-3-1-12(2-4-14)16-10-23-5-6-30-16/h1-4,7-8,10-11,15,23H,5-6,9H2,(H,27,29);1-4,7-9,11,16,23H,5-6,10H2,(H,27,29)/t15-;16-/m11/s1. The molecule has 0 saturated carbocycles. The molecule has 2 aromatic carbocycles. The molecule has 4 aromatic heterocycles. The molecule has 0 radical (unpaired) electrons. The third-order valence-electron chi connectivity index (χ3n) is 8.96. The Labute approximate surface area is 336 Å². The number of hydrogen-bond donors (Lipinski definition) is 4. The topological polar surface area (TPSA) is 188 Å². The first-order valence-electron chi connectivity index (χ1n) is 18.2. The highest BCUT2D eigenvalue weighted by Gasteiger charge is 2.35. The maximum absolute atomic E-state index is 12.8. The van der Waals surface area contributed by atoms with Crippen LogP contribution in [0, 0.1) is 0 Å². The van der Waals surface area contributed by atoms with Crippen LogP contribution in [0.4, 0.5) is 37.7 Å². The Bertz CT molecular complexity index is 2380. The monoisotopic (exact) mass is 836 g/mol. The van der Waals surface area contributed by atoms with E-state index in [4.69, 9.17) is 9.47 Å². The second-order valence-corrected chi connectivity index (χ2v) is 13.1.